The van der Waals surface area contributed by atoms with Crippen LogP contribution >= 0.6 is 0 Å². The van der Waals surface area contributed by atoms with Crippen molar-refractivity contribution in [2.45, 2.75) is 13.1 Å². The summed E-state index contributed by atoms with van der Waals surface area (Å²) in [6.45, 7) is 4.91. The van der Waals surface area contributed by atoms with E-state index in [0.717, 1.165) is 0 Å². The lowest BCUT2D eigenvalue weighted by Crippen LogP contribution is -2.75. The van der Waals surface area contributed by atoms with Gasteiger partial charge in [0.1, 0.15) is 0 Å². The van der Waals surface area contributed by atoms with E-state index in [0.29, 0.717) is 0 Å². The third-order valence-electron chi connectivity index (χ3n) is 3.78. The SMILES string of the molecule is CN(C)[Si](c1ccccc1)(c1ccccc1)[Si](C)C. The van der Waals surface area contributed by atoms with Gasteiger partial charge in [0.05, 0.1) is 8.31 Å². The Morgan fingerprint density at radius 3 is 1.37 bits per heavy atom. The maximum atomic E-state index is 2.52. The van der Waals surface area contributed by atoms with E-state index in [2.05, 4.69) is 92.4 Å². The van der Waals surface area contributed by atoms with Crippen molar-refractivity contribution in [3.63, 3.8) is 0 Å². The van der Waals surface area contributed by atoms with Crippen LogP contribution in [0.3, 0.4) is 0 Å². The average molecular weight is 285 g/mol. The summed E-state index contributed by atoms with van der Waals surface area (Å²) >= 11 is 0. The van der Waals surface area contributed by atoms with Crippen LogP contribution in [-0.4, -0.2) is 34.7 Å². The Balaban J connectivity index is 2.69. The van der Waals surface area contributed by atoms with Crippen molar-refractivity contribution >= 4 is 26.4 Å². The van der Waals surface area contributed by atoms with Crippen LogP contribution in [-0.2, 0) is 0 Å². The van der Waals surface area contributed by atoms with Crippen molar-refractivity contribution in [3.8, 4) is 0 Å². The maximum absolute atomic E-state index is 2.52. The van der Waals surface area contributed by atoms with Gasteiger partial charge >= 0.3 is 0 Å². The molecule has 2 aromatic rings. The lowest BCUT2D eigenvalue weighted by Gasteiger charge is -2.41. The second-order valence-electron chi connectivity index (χ2n) is 5.34. The summed E-state index contributed by atoms with van der Waals surface area (Å²) in [4.78, 5) is 0. The molecule has 0 unspecified atom stereocenters. The van der Waals surface area contributed by atoms with Crippen molar-refractivity contribution < 1.29 is 0 Å². The fraction of sp³-hybridized carbons (Fsp3) is 0.250. The number of nitrogens with zero attached hydrogens (tertiary/aromatic N) is 1. The predicted molar refractivity (Wildman–Crippen MR) is 89.1 cm³/mol. The first-order valence-electron chi connectivity index (χ1n) is 6.69. The van der Waals surface area contributed by atoms with Crippen LogP contribution in [0.1, 0.15) is 0 Å². The zero-order chi connectivity index (χ0) is 13.9. The molecule has 19 heavy (non-hydrogen) atoms. The van der Waals surface area contributed by atoms with Gasteiger partial charge in [0, 0.05) is 0 Å². The second-order valence-corrected chi connectivity index (χ2v) is 16.0. The molecule has 0 aliphatic carbocycles. The van der Waals surface area contributed by atoms with E-state index in [4.69, 9.17) is 0 Å². The highest BCUT2D eigenvalue weighted by Gasteiger charge is 2.43. The van der Waals surface area contributed by atoms with E-state index in [1.165, 1.54) is 10.4 Å². The summed E-state index contributed by atoms with van der Waals surface area (Å²) in [6, 6.07) is 22.2. The summed E-state index contributed by atoms with van der Waals surface area (Å²) in [7, 11) is 2.27. The standard InChI is InChI=1S/C16H22NSi2/c1-17(2)19(18(3)4,15-11-7-5-8-12-15)16-13-9-6-10-14-16/h5-14H,1-4H3. The molecule has 0 saturated carbocycles. The summed E-state index contributed by atoms with van der Waals surface area (Å²) < 4.78 is 2.52. The van der Waals surface area contributed by atoms with E-state index in [-0.39, 0.29) is 0 Å². The van der Waals surface area contributed by atoms with E-state index in [1.54, 1.807) is 0 Å². The third-order valence-corrected chi connectivity index (χ3v) is 16.3. The second kappa shape index (κ2) is 5.86. The van der Waals surface area contributed by atoms with Crippen LogP contribution in [0.5, 0.6) is 0 Å². The molecule has 1 radical (unpaired) electrons. The van der Waals surface area contributed by atoms with Gasteiger partial charge in [-0.3, -0.25) is 0 Å². The minimum absolute atomic E-state index is 0.471. The minimum Gasteiger partial charge on any atom is -0.324 e. The molecule has 1 nitrogen and oxygen atoms in total. The van der Waals surface area contributed by atoms with E-state index >= 15 is 0 Å². The fourth-order valence-electron chi connectivity index (χ4n) is 3.07. The van der Waals surface area contributed by atoms with Gasteiger partial charge in [-0.25, -0.2) is 0 Å². The molecule has 0 aromatic heterocycles. The van der Waals surface area contributed by atoms with Gasteiger partial charge < -0.3 is 4.57 Å². The molecule has 0 amide bonds. The van der Waals surface area contributed by atoms with Crippen LogP contribution in [0.2, 0.25) is 13.1 Å². The van der Waals surface area contributed by atoms with Gasteiger partial charge in [-0.15, -0.1) is 0 Å². The Morgan fingerprint density at radius 2 is 1.11 bits per heavy atom. The average Bonchev–Trinajstić information content (AvgIpc) is 2.41. The molecule has 0 fully saturated rings. The van der Waals surface area contributed by atoms with Crippen molar-refractivity contribution in [1.82, 2.24) is 4.57 Å². The van der Waals surface area contributed by atoms with Crippen molar-refractivity contribution in [3.05, 3.63) is 60.7 Å². The molecule has 0 aliphatic rings. The normalized spacial score (nSPS) is 12.1. The Bertz CT molecular complexity index is 459. The number of hydrogen-bond acceptors (Lipinski definition) is 1. The quantitative estimate of drug-likeness (QED) is 0.778. The zero-order valence-corrected chi connectivity index (χ0v) is 14.2. The van der Waals surface area contributed by atoms with E-state index in [1.807, 2.05) is 0 Å². The van der Waals surface area contributed by atoms with Crippen LogP contribution in [0, 0.1) is 0 Å². The smallest absolute Gasteiger partial charge is 0.176 e. The third kappa shape index (κ3) is 2.46. The lowest BCUT2D eigenvalue weighted by molar-refractivity contribution is 0.649. The van der Waals surface area contributed by atoms with Gasteiger partial charge in [0.15, 0.2) is 7.75 Å². The van der Waals surface area contributed by atoms with Crippen LogP contribution in [0.4, 0.5) is 0 Å². The van der Waals surface area contributed by atoms with E-state index in [9.17, 15) is 0 Å². The first-order valence-corrected chi connectivity index (χ1v) is 12.1. The van der Waals surface area contributed by atoms with Gasteiger partial charge in [0.25, 0.3) is 0 Å². The predicted octanol–water partition coefficient (Wildman–Crippen LogP) is 2.14. The largest absolute Gasteiger partial charge is 0.324 e. The summed E-state index contributed by atoms with van der Waals surface area (Å²) in [5, 5.41) is 3.06. The Morgan fingerprint density at radius 1 is 0.737 bits per heavy atom. The first kappa shape index (κ1) is 14.2. The van der Waals surface area contributed by atoms with Gasteiger partial charge in [-0.1, -0.05) is 73.8 Å². The Kier molecular flexibility index (Phi) is 4.40. The van der Waals surface area contributed by atoms with Gasteiger partial charge in [-0.2, -0.15) is 0 Å². The Labute approximate surface area is 119 Å². The molecule has 99 valence electrons. The molecule has 0 bridgehead atoms. The highest BCUT2D eigenvalue weighted by molar-refractivity contribution is 7.42. The molecule has 0 atom stereocenters. The molecule has 3 heteroatoms. The first-order chi connectivity index (χ1) is 9.10. The monoisotopic (exact) mass is 284 g/mol. The van der Waals surface area contributed by atoms with Crippen LogP contribution in [0.25, 0.3) is 0 Å². The van der Waals surface area contributed by atoms with Crippen molar-refractivity contribution in [1.29, 1.82) is 0 Å². The maximum Gasteiger partial charge on any atom is 0.176 e. The summed E-state index contributed by atoms with van der Waals surface area (Å²) in [5.74, 6) is 0. The highest BCUT2D eigenvalue weighted by atomic mass is 29.2. The van der Waals surface area contributed by atoms with Gasteiger partial charge in [0.2, 0.25) is 0 Å². The topological polar surface area (TPSA) is 3.24 Å². The molecular formula is C16H22NSi2. The highest BCUT2D eigenvalue weighted by Crippen LogP contribution is 2.12. The number of rotatable bonds is 4. The molecule has 0 heterocycles. The zero-order valence-electron chi connectivity index (χ0n) is 12.2. The minimum atomic E-state index is -1.77. The molecule has 2 rings (SSSR count). The molecular weight excluding hydrogens is 262 g/mol. The van der Waals surface area contributed by atoms with Gasteiger partial charge in [-0.05, 0) is 24.5 Å². The Hall–Kier alpha value is -1.17. The van der Waals surface area contributed by atoms with Crippen molar-refractivity contribution in [2.24, 2.45) is 0 Å². The number of benzene rings is 2. The van der Waals surface area contributed by atoms with Crippen LogP contribution < -0.4 is 10.4 Å². The van der Waals surface area contributed by atoms with Crippen molar-refractivity contribution in [2.75, 3.05) is 14.1 Å². The molecule has 0 aliphatic heterocycles. The fourth-order valence-corrected chi connectivity index (χ4v) is 15.0. The summed E-state index contributed by atoms with van der Waals surface area (Å²) in [5.41, 5.74) is 0. The molecule has 0 spiro atoms. The molecule has 0 N–H and O–H groups in total. The van der Waals surface area contributed by atoms with E-state index < -0.39 is 16.1 Å². The summed E-state index contributed by atoms with van der Waals surface area (Å²) in [6.07, 6.45) is 0. The number of hydrogen-bond donors (Lipinski definition) is 0. The molecule has 0 saturated heterocycles. The van der Waals surface area contributed by atoms with Crippen LogP contribution in [0.15, 0.2) is 60.7 Å². The lowest BCUT2D eigenvalue weighted by atomic mass is 10.4. The molecule has 2 aromatic carbocycles.